The lowest BCUT2D eigenvalue weighted by Crippen LogP contribution is -2.12. The van der Waals surface area contributed by atoms with Gasteiger partial charge in [-0.2, -0.15) is 5.10 Å². The maximum atomic E-state index is 12.6. The predicted octanol–water partition coefficient (Wildman–Crippen LogP) is 3.44. The Bertz CT molecular complexity index is 1070. The molecule has 0 aliphatic heterocycles. The Kier molecular flexibility index (Phi) is 5.83. The highest BCUT2D eigenvalue weighted by atomic mass is 32.1. The number of thiazole rings is 1. The number of hydrogen-bond donors (Lipinski definition) is 4. The fourth-order valence-electron chi connectivity index (χ4n) is 2.77. The Hall–Kier alpha value is -3.40. The monoisotopic (exact) mass is 415 g/mol. The van der Waals surface area contributed by atoms with Gasteiger partial charge in [0.2, 0.25) is 0 Å². The summed E-state index contributed by atoms with van der Waals surface area (Å²) in [5.41, 5.74) is 2.75. The summed E-state index contributed by atoms with van der Waals surface area (Å²) >= 11 is 1.16. The smallest absolute Gasteiger partial charge is 0.305 e. The molecular formula is C19H21N5O4S. The van der Waals surface area contributed by atoms with Crippen molar-refractivity contribution in [1.29, 1.82) is 0 Å². The second-order valence-electron chi connectivity index (χ2n) is 6.55. The van der Waals surface area contributed by atoms with E-state index in [-0.39, 0.29) is 24.6 Å². The Morgan fingerprint density at radius 1 is 1.24 bits per heavy atom. The molecule has 0 aliphatic rings. The fraction of sp³-hybridized carbons (Fsp3) is 0.263. The number of aryl methyl sites for hydroxylation is 3. The molecule has 1 aromatic carbocycles. The van der Waals surface area contributed by atoms with Crippen molar-refractivity contribution in [2.75, 3.05) is 10.6 Å². The number of phenols is 1. The minimum atomic E-state index is -0.908. The van der Waals surface area contributed by atoms with Gasteiger partial charge in [0, 0.05) is 11.6 Å². The molecule has 4 N–H and O–H groups in total. The van der Waals surface area contributed by atoms with Crippen LogP contribution in [0.5, 0.6) is 5.75 Å². The van der Waals surface area contributed by atoms with Crippen molar-refractivity contribution < 1.29 is 19.8 Å². The Labute approximate surface area is 171 Å². The van der Waals surface area contributed by atoms with Gasteiger partial charge in [0.05, 0.1) is 30.5 Å². The van der Waals surface area contributed by atoms with Crippen molar-refractivity contribution in [2.45, 2.75) is 33.7 Å². The first kappa shape index (κ1) is 20.3. The van der Waals surface area contributed by atoms with Crippen molar-refractivity contribution in [1.82, 2.24) is 14.8 Å². The lowest BCUT2D eigenvalue weighted by atomic mass is 10.1. The topological polar surface area (TPSA) is 129 Å². The molecule has 1 amide bonds. The third-order valence-corrected chi connectivity index (χ3v) is 5.20. The van der Waals surface area contributed by atoms with Gasteiger partial charge in [-0.25, -0.2) is 9.67 Å². The van der Waals surface area contributed by atoms with Gasteiger partial charge in [-0.05, 0) is 32.4 Å². The Balaban J connectivity index is 1.74. The van der Waals surface area contributed by atoms with Crippen LogP contribution in [0.2, 0.25) is 0 Å². The number of anilines is 3. The van der Waals surface area contributed by atoms with Gasteiger partial charge in [-0.3, -0.25) is 9.59 Å². The van der Waals surface area contributed by atoms with E-state index in [2.05, 4.69) is 20.7 Å². The zero-order valence-corrected chi connectivity index (χ0v) is 17.0. The molecule has 0 fully saturated rings. The minimum absolute atomic E-state index is 0.0516. The highest BCUT2D eigenvalue weighted by Gasteiger charge is 2.16. The molecule has 0 unspecified atom stereocenters. The number of hydrogen-bond acceptors (Lipinski definition) is 7. The van der Waals surface area contributed by atoms with Crippen LogP contribution in [0.4, 0.5) is 16.6 Å². The predicted molar refractivity (Wildman–Crippen MR) is 110 cm³/mol. The van der Waals surface area contributed by atoms with Crippen molar-refractivity contribution in [3.63, 3.8) is 0 Å². The minimum Gasteiger partial charge on any atom is -0.508 e. The normalized spacial score (nSPS) is 10.7. The number of benzene rings is 1. The zero-order valence-electron chi connectivity index (χ0n) is 16.2. The summed E-state index contributed by atoms with van der Waals surface area (Å²) in [6.07, 6.45) is 1.41. The second-order valence-corrected chi connectivity index (χ2v) is 7.58. The molecule has 3 rings (SSSR count). The number of phenolic OH excluding ortho intramolecular Hbond substituents is 1. The van der Waals surface area contributed by atoms with Crippen LogP contribution < -0.4 is 10.6 Å². The van der Waals surface area contributed by atoms with Gasteiger partial charge in [0.15, 0.2) is 5.13 Å². The number of aromatic hydroxyl groups is 1. The highest BCUT2D eigenvalue weighted by molar-refractivity contribution is 7.17. The zero-order chi connectivity index (χ0) is 21.1. The van der Waals surface area contributed by atoms with E-state index in [0.717, 1.165) is 22.6 Å². The van der Waals surface area contributed by atoms with Crippen molar-refractivity contribution in [3.05, 3.63) is 46.1 Å². The number of carboxylic acid groups (broad SMARTS) is 1. The first-order chi connectivity index (χ1) is 13.7. The summed E-state index contributed by atoms with van der Waals surface area (Å²) in [4.78, 5) is 28.0. The molecule has 0 atom stereocenters. The molecule has 9 nitrogen and oxygen atoms in total. The first-order valence-corrected chi connectivity index (χ1v) is 9.66. The SMILES string of the molecule is Cc1cc(Nc2ncc(C(=O)Nc3c(C)ccc(O)c3C)s2)n(CCC(=O)O)n1. The van der Waals surface area contributed by atoms with E-state index in [1.54, 1.807) is 29.8 Å². The summed E-state index contributed by atoms with van der Waals surface area (Å²) in [5, 5.41) is 29.4. The highest BCUT2D eigenvalue weighted by Crippen LogP contribution is 2.29. The van der Waals surface area contributed by atoms with Crippen LogP contribution in [0.15, 0.2) is 24.4 Å². The van der Waals surface area contributed by atoms with Gasteiger partial charge in [-0.1, -0.05) is 17.4 Å². The van der Waals surface area contributed by atoms with Gasteiger partial charge in [0.25, 0.3) is 5.91 Å². The van der Waals surface area contributed by atoms with Crippen LogP contribution in [0.1, 0.15) is 32.9 Å². The lowest BCUT2D eigenvalue weighted by molar-refractivity contribution is -0.137. The molecule has 0 saturated carbocycles. The number of carbonyl (C=O) groups is 2. The van der Waals surface area contributed by atoms with Gasteiger partial charge in [-0.15, -0.1) is 0 Å². The van der Waals surface area contributed by atoms with Gasteiger partial charge in [0.1, 0.15) is 16.4 Å². The summed E-state index contributed by atoms with van der Waals surface area (Å²) in [7, 11) is 0. The summed E-state index contributed by atoms with van der Waals surface area (Å²) in [6.45, 7) is 5.62. The number of aromatic nitrogens is 3. The number of aliphatic carboxylic acids is 1. The molecule has 3 aromatic rings. The number of nitrogens with one attached hydrogen (secondary N) is 2. The molecule has 0 spiro atoms. The molecular weight excluding hydrogens is 394 g/mol. The average Bonchev–Trinajstić information content (AvgIpc) is 3.27. The standard InChI is InChI=1S/C19H21N5O4S/c1-10-4-5-13(25)12(3)17(10)22-18(28)14-9-20-19(29-14)21-15-8-11(2)23-24(15)7-6-16(26)27/h4-5,8-9,25H,6-7H2,1-3H3,(H,20,21)(H,22,28)(H,26,27). The van der Waals surface area contributed by atoms with Crippen LogP contribution in [-0.2, 0) is 11.3 Å². The third-order valence-electron chi connectivity index (χ3n) is 4.29. The fourth-order valence-corrected chi connectivity index (χ4v) is 3.49. The van der Waals surface area contributed by atoms with Crippen LogP contribution in [-0.4, -0.2) is 36.9 Å². The number of amides is 1. The number of carboxylic acids is 1. The summed E-state index contributed by atoms with van der Waals surface area (Å²) < 4.78 is 1.56. The molecule has 152 valence electrons. The molecule has 29 heavy (non-hydrogen) atoms. The van der Waals surface area contributed by atoms with Crippen LogP contribution in [0.3, 0.4) is 0 Å². The van der Waals surface area contributed by atoms with E-state index in [1.165, 1.54) is 6.20 Å². The molecule has 2 heterocycles. The lowest BCUT2D eigenvalue weighted by Gasteiger charge is -2.12. The summed E-state index contributed by atoms with van der Waals surface area (Å²) in [6, 6.07) is 5.10. The van der Waals surface area contributed by atoms with Crippen LogP contribution >= 0.6 is 11.3 Å². The molecule has 10 heteroatoms. The largest absolute Gasteiger partial charge is 0.508 e. The van der Waals surface area contributed by atoms with Crippen molar-refractivity contribution in [2.24, 2.45) is 0 Å². The van der Waals surface area contributed by atoms with E-state index in [9.17, 15) is 14.7 Å². The maximum absolute atomic E-state index is 12.6. The van der Waals surface area contributed by atoms with Crippen molar-refractivity contribution >= 4 is 39.9 Å². The molecule has 0 bridgehead atoms. The summed E-state index contributed by atoms with van der Waals surface area (Å²) in [5.74, 6) is -0.523. The van der Waals surface area contributed by atoms with Crippen LogP contribution in [0, 0.1) is 20.8 Å². The Morgan fingerprint density at radius 2 is 2.00 bits per heavy atom. The van der Waals surface area contributed by atoms with Crippen LogP contribution in [0.25, 0.3) is 0 Å². The van der Waals surface area contributed by atoms with Crippen molar-refractivity contribution in [3.8, 4) is 5.75 Å². The van der Waals surface area contributed by atoms with E-state index >= 15 is 0 Å². The Morgan fingerprint density at radius 3 is 2.72 bits per heavy atom. The first-order valence-electron chi connectivity index (χ1n) is 8.84. The number of carbonyl (C=O) groups excluding carboxylic acids is 1. The molecule has 2 aromatic heterocycles. The number of rotatable bonds is 7. The van der Waals surface area contributed by atoms with Gasteiger partial charge < -0.3 is 20.8 Å². The average molecular weight is 415 g/mol. The maximum Gasteiger partial charge on any atom is 0.305 e. The molecule has 0 aliphatic carbocycles. The van der Waals surface area contributed by atoms with E-state index in [0.29, 0.717) is 27.1 Å². The van der Waals surface area contributed by atoms with E-state index < -0.39 is 5.97 Å². The number of nitrogens with zero attached hydrogens (tertiary/aromatic N) is 3. The third kappa shape index (κ3) is 4.72. The quantitative estimate of drug-likeness (QED) is 0.465. The molecule has 0 radical (unpaired) electrons. The van der Waals surface area contributed by atoms with E-state index in [4.69, 9.17) is 5.11 Å². The molecule has 0 saturated heterocycles. The second kappa shape index (κ2) is 8.31. The van der Waals surface area contributed by atoms with E-state index in [1.807, 2.05) is 13.8 Å². The van der Waals surface area contributed by atoms with Gasteiger partial charge >= 0.3 is 5.97 Å².